The monoisotopic (exact) mass is 213 g/mol. The van der Waals surface area contributed by atoms with Crippen LogP contribution in [0.4, 0.5) is 0 Å². The van der Waals surface area contributed by atoms with Crippen molar-refractivity contribution in [3.63, 3.8) is 0 Å². The molecule has 3 atom stereocenters. The first-order valence-corrected chi connectivity index (χ1v) is 4.79. The molecule has 0 aliphatic heterocycles. The lowest BCUT2D eigenvalue weighted by molar-refractivity contribution is 0.0989. The average molecular weight is 213 g/mol. The van der Waals surface area contributed by atoms with Crippen molar-refractivity contribution in [3.05, 3.63) is 0 Å². The van der Waals surface area contributed by atoms with Crippen LogP contribution in [0.2, 0.25) is 0 Å². The third kappa shape index (κ3) is 7.35. The van der Waals surface area contributed by atoms with Crippen molar-refractivity contribution in [1.29, 1.82) is 0 Å². The largest absolute Gasteiger partial charge is 0.396 e. The van der Waals surface area contributed by atoms with Crippen LogP contribution in [-0.2, 0) is 4.52 Å². The molecule has 0 aliphatic carbocycles. The summed E-state index contributed by atoms with van der Waals surface area (Å²) in [6, 6.07) is 0. The molecule has 4 nitrogen and oxygen atoms in total. The fourth-order valence-corrected chi connectivity index (χ4v) is 1.45. The summed E-state index contributed by atoms with van der Waals surface area (Å²) in [5.41, 5.74) is 0. The first kappa shape index (κ1) is 12.7. The van der Waals surface area contributed by atoms with E-state index in [1.165, 1.54) is 0 Å². The van der Waals surface area contributed by atoms with Gasteiger partial charge in [-0.1, -0.05) is 9.39 Å². The Hall–Kier alpha value is 0.700. The van der Waals surface area contributed by atoms with Crippen LogP contribution in [0.3, 0.4) is 0 Å². The van der Waals surface area contributed by atoms with Crippen molar-refractivity contribution < 1.29 is 14.7 Å². The van der Waals surface area contributed by atoms with Gasteiger partial charge in [0, 0.05) is 29.2 Å². The molecule has 2 N–H and O–H groups in total. The van der Waals surface area contributed by atoms with E-state index in [-0.39, 0.29) is 6.61 Å². The van der Waals surface area contributed by atoms with Gasteiger partial charge in [0.2, 0.25) is 0 Å². The van der Waals surface area contributed by atoms with E-state index in [9.17, 15) is 5.11 Å². The Balaban J connectivity index is 3.33. The Kier molecular flexibility index (Phi) is 8.79. The van der Waals surface area contributed by atoms with Crippen molar-refractivity contribution in [1.82, 2.24) is 4.67 Å². The highest BCUT2D eigenvalue weighted by atomic mass is 31.0. The molecule has 12 heavy (non-hydrogen) atoms. The first-order valence-electron chi connectivity index (χ1n) is 3.81. The van der Waals surface area contributed by atoms with Crippen molar-refractivity contribution in [3.8, 4) is 0 Å². The highest BCUT2D eigenvalue weighted by Gasteiger charge is 2.06. The van der Waals surface area contributed by atoms with E-state index in [0.29, 0.717) is 13.2 Å². The summed E-state index contributed by atoms with van der Waals surface area (Å²) < 4.78 is 6.57. The Morgan fingerprint density at radius 3 is 2.67 bits per heavy atom. The van der Waals surface area contributed by atoms with Crippen LogP contribution in [-0.4, -0.2) is 47.3 Å². The number of aliphatic hydroxyl groups is 2. The maximum Gasteiger partial charge on any atom is 0.0906 e. The van der Waals surface area contributed by atoms with Crippen LogP contribution in [0.1, 0.15) is 6.42 Å². The van der Waals surface area contributed by atoms with Gasteiger partial charge in [0.15, 0.2) is 0 Å². The van der Waals surface area contributed by atoms with Gasteiger partial charge in [-0.05, 0) is 6.42 Å². The van der Waals surface area contributed by atoms with Crippen LogP contribution >= 0.6 is 18.9 Å². The van der Waals surface area contributed by atoms with Gasteiger partial charge in [-0.25, -0.2) is 0 Å². The van der Waals surface area contributed by atoms with Gasteiger partial charge in [0.25, 0.3) is 0 Å². The van der Waals surface area contributed by atoms with E-state index < -0.39 is 6.10 Å². The van der Waals surface area contributed by atoms with E-state index in [1.807, 2.05) is 4.67 Å². The fourth-order valence-electron chi connectivity index (χ4n) is 0.800. The molecule has 0 heterocycles. The molecule has 2 unspecified atom stereocenters. The average Bonchev–Trinajstić information content (AvgIpc) is 2.01. The number of hydrogen-bond acceptors (Lipinski definition) is 4. The minimum Gasteiger partial charge on any atom is -0.396 e. The molecule has 6 heteroatoms. The van der Waals surface area contributed by atoms with Crippen molar-refractivity contribution >= 4 is 18.9 Å². The molecule has 0 aromatic carbocycles. The van der Waals surface area contributed by atoms with Gasteiger partial charge in [0.1, 0.15) is 0 Å². The smallest absolute Gasteiger partial charge is 0.0906 e. The fraction of sp³-hybridized carbons (Fsp3) is 1.00. The summed E-state index contributed by atoms with van der Waals surface area (Å²) in [5, 5.41) is 17.8. The maximum absolute atomic E-state index is 9.26. The molecule has 0 amide bonds. The lowest BCUT2D eigenvalue weighted by atomic mass is 10.3. The van der Waals surface area contributed by atoms with Gasteiger partial charge in [-0.2, -0.15) is 0 Å². The second-order valence-electron chi connectivity index (χ2n) is 2.56. The molecule has 0 bridgehead atoms. The molecule has 74 valence electrons. The lowest BCUT2D eigenvalue weighted by Crippen LogP contribution is -2.28. The highest BCUT2D eigenvalue weighted by molar-refractivity contribution is 7.13. The second-order valence-corrected chi connectivity index (χ2v) is 3.62. The lowest BCUT2D eigenvalue weighted by Gasteiger charge is -2.18. The first-order chi connectivity index (χ1) is 5.70. The Morgan fingerprint density at radius 1 is 1.50 bits per heavy atom. The minimum absolute atomic E-state index is 0.182. The van der Waals surface area contributed by atoms with Gasteiger partial charge in [-0.15, -0.1) is 0 Å². The van der Waals surface area contributed by atoms with E-state index in [4.69, 9.17) is 9.63 Å². The number of hydrogen-bond donors (Lipinski definition) is 2. The summed E-state index contributed by atoms with van der Waals surface area (Å²) in [5.74, 6) is 0. The zero-order valence-corrected chi connectivity index (χ0v) is 9.33. The van der Waals surface area contributed by atoms with E-state index in [0.717, 1.165) is 13.0 Å². The quantitative estimate of drug-likeness (QED) is 0.566. The van der Waals surface area contributed by atoms with E-state index >= 15 is 0 Å². The second kappa shape index (κ2) is 8.31. The van der Waals surface area contributed by atoms with Crippen molar-refractivity contribution in [2.24, 2.45) is 0 Å². The topological polar surface area (TPSA) is 52.9 Å². The zero-order valence-electron chi connectivity index (χ0n) is 7.02. The third-order valence-electron chi connectivity index (χ3n) is 1.34. The standard InChI is InChI=1S/C6H17NO3P2/c8-3-1-2-7(11)4-6(9)5-10-12/h6,8-9H,1-5,11-12H2/t6-/m0/s1. The van der Waals surface area contributed by atoms with E-state index in [1.54, 1.807) is 0 Å². The predicted molar refractivity (Wildman–Crippen MR) is 54.7 cm³/mol. The normalized spacial score (nSPS) is 13.8. The third-order valence-corrected chi connectivity index (χ3v) is 2.00. The zero-order chi connectivity index (χ0) is 9.40. The molecule has 0 radical (unpaired) electrons. The molecule has 0 rings (SSSR count). The van der Waals surface area contributed by atoms with Crippen LogP contribution in [0.15, 0.2) is 0 Å². The highest BCUT2D eigenvalue weighted by Crippen LogP contribution is 2.02. The summed E-state index contributed by atoms with van der Waals surface area (Å²) in [6.07, 6.45) is 0.247. The van der Waals surface area contributed by atoms with Crippen molar-refractivity contribution in [2.45, 2.75) is 12.5 Å². The molecule has 0 fully saturated rings. The molecule has 0 aliphatic rings. The summed E-state index contributed by atoms with van der Waals surface area (Å²) in [7, 11) is 4.60. The SMILES string of the molecule is OCCCN(P)C[C@H](O)COP. The molecule has 0 aromatic heterocycles. The Bertz CT molecular complexity index is 107. The molecule has 0 spiro atoms. The van der Waals surface area contributed by atoms with Crippen LogP contribution in [0.5, 0.6) is 0 Å². The van der Waals surface area contributed by atoms with Gasteiger partial charge in [-0.3, -0.25) is 4.67 Å². The Labute approximate surface area is 77.8 Å². The van der Waals surface area contributed by atoms with Crippen LogP contribution in [0, 0.1) is 0 Å². The van der Waals surface area contributed by atoms with E-state index in [2.05, 4.69) is 18.9 Å². The van der Waals surface area contributed by atoms with Crippen LogP contribution in [0.25, 0.3) is 0 Å². The summed E-state index contributed by atoms with van der Waals surface area (Å²) >= 11 is 0. The number of nitrogens with zero attached hydrogens (tertiary/aromatic N) is 1. The van der Waals surface area contributed by atoms with Gasteiger partial charge in [0.05, 0.1) is 12.7 Å². The Morgan fingerprint density at radius 2 is 2.17 bits per heavy atom. The molecule has 0 aromatic rings. The van der Waals surface area contributed by atoms with Crippen molar-refractivity contribution in [2.75, 3.05) is 26.3 Å². The van der Waals surface area contributed by atoms with Gasteiger partial charge >= 0.3 is 0 Å². The molecule has 0 saturated carbocycles. The van der Waals surface area contributed by atoms with Crippen LogP contribution < -0.4 is 0 Å². The number of aliphatic hydroxyl groups excluding tert-OH is 2. The predicted octanol–water partition coefficient (Wildman–Crippen LogP) is -0.372. The molecular weight excluding hydrogens is 196 g/mol. The minimum atomic E-state index is -0.473. The van der Waals surface area contributed by atoms with Gasteiger partial charge < -0.3 is 14.7 Å². The summed E-state index contributed by atoms with van der Waals surface area (Å²) in [6.45, 7) is 1.80. The number of rotatable bonds is 7. The molecule has 0 saturated heterocycles. The molecular formula is C6H17NO3P2. The maximum atomic E-state index is 9.26. The summed E-state index contributed by atoms with van der Waals surface area (Å²) in [4.78, 5) is 0.